The summed E-state index contributed by atoms with van der Waals surface area (Å²) in [5, 5.41) is 0. The van der Waals surface area contributed by atoms with E-state index in [0.717, 1.165) is 6.20 Å². The highest BCUT2D eigenvalue weighted by atomic mass is 19.4. The van der Waals surface area contributed by atoms with Gasteiger partial charge in [0.05, 0.1) is 12.1 Å². The molecule has 4 nitrogen and oxygen atoms in total. The van der Waals surface area contributed by atoms with E-state index in [-0.39, 0.29) is 31.3 Å². The summed E-state index contributed by atoms with van der Waals surface area (Å²) < 4.78 is 50.7. The van der Waals surface area contributed by atoms with E-state index < -0.39 is 17.9 Å². The highest BCUT2D eigenvalue weighted by molar-refractivity contribution is 5.43. The summed E-state index contributed by atoms with van der Waals surface area (Å²) in [5.41, 5.74) is 5.28. The molecular weight excluding hydrogens is 240 g/mol. The van der Waals surface area contributed by atoms with Gasteiger partial charge in [-0.2, -0.15) is 18.2 Å². The number of aromatic nitrogens is 2. The maximum atomic E-state index is 13.3. The van der Waals surface area contributed by atoms with Crippen LogP contribution in [0.1, 0.15) is 6.42 Å². The molecule has 2 heterocycles. The Hall–Kier alpha value is -1.60. The van der Waals surface area contributed by atoms with Gasteiger partial charge >= 0.3 is 6.18 Å². The Morgan fingerprint density at radius 3 is 2.71 bits per heavy atom. The molecule has 2 rings (SSSR count). The summed E-state index contributed by atoms with van der Waals surface area (Å²) in [4.78, 5) is 8.28. The van der Waals surface area contributed by atoms with E-state index in [1.807, 2.05) is 0 Å². The van der Waals surface area contributed by atoms with Gasteiger partial charge in [-0.05, 0) is 6.42 Å². The Kier molecular flexibility index (Phi) is 2.80. The summed E-state index contributed by atoms with van der Waals surface area (Å²) >= 11 is 0. The lowest BCUT2D eigenvalue weighted by atomic mass is 10.1. The van der Waals surface area contributed by atoms with Gasteiger partial charge in [0.2, 0.25) is 5.95 Å². The third-order valence-electron chi connectivity index (χ3n) is 2.69. The molecule has 0 amide bonds. The minimum atomic E-state index is -4.26. The Bertz CT molecular complexity index is 420. The van der Waals surface area contributed by atoms with Crippen LogP contribution < -0.4 is 10.6 Å². The quantitative estimate of drug-likeness (QED) is 0.769. The second-order valence-corrected chi connectivity index (χ2v) is 3.87. The Morgan fingerprint density at radius 2 is 2.12 bits per heavy atom. The molecule has 2 N–H and O–H groups in total. The number of nitrogen functional groups attached to an aromatic ring is 1. The molecule has 94 valence electrons. The first-order valence-corrected chi connectivity index (χ1v) is 4.97. The molecule has 1 aromatic heterocycles. The van der Waals surface area contributed by atoms with Crippen molar-refractivity contribution < 1.29 is 17.6 Å². The summed E-state index contributed by atoms with van der Waals surface area (Å²) in [7, 11) is 0. The fraction of sp³-hybridized carbons (Fsp3) is 0.556. The first kappa shape index (κ1) is 11.9. The van der Waals surface area contributed by atoms with Crippen molar-refractivity contribution in [3.8, 4) is 0 Å². The molecule has 1 atom stereocenters. The van der Waals surface area contributed by atoms with Crippen molar-refractivity contribution in [3.63, 3.8) is 0 Å². The van der Waals surface area contributed by atoms with Gasteiger partial charge in [0.1, 0.15) is 0 Å². The van der Waals surface area contributed by atoms with Crippen LogP contribution in [-0.4, -0.2) is 29.2 Å². The number of nitrogens with zero attached hydrogens (tertiary/aromatic N) is 3. The molecule has 8 heteroatoms. The number of hydrogen-bond acceptors (Lipinski definition) is 4. The van der Waals surface area contributed by atoms with Gasteiger partial charge in [0.25, 0.3) is 0 Å². The zero-order valence-electron chi connectivity index (χ0n) is 8.71. The van der Waals surface area contributed by atoms with Crippen molar-refractivity contribution in [3.05, 3.63) is 12.0 Å². The first-order chi connectivity index (χ1) is 7.88. The fourth-order valence-corrected chi connectivity index (χ4v) is 1.81. The monoisotopic (exact) mass is 250 g/mol. The number of hydrogen-bond donors (Lipinski definition) is 1. The normalized spacial score (nSPS) is 20.9. The third kappa shape index (κ3) is 2.40. The second kappa shape index (κ2) is 4.01. The van der Waals surface area contributed by atoms with E-state index >= 15 is 0 Å². The summed E-state index contributed by atoms with van der Waals surface area (Å²) in [6.45, 7) is -0.186. The van der Waals surface area contributed by atoms with Crippen LogP contribution in [0.4, 0.5) is 29.3 Å². The van der Waals surface area contributed by atoms with Crippen LogP contribution in [0.3, 0.4) is 0 Å². The van der Waals surface area contributed by atoms with Gasteiger partial charge in [0.15, 0.2) is 11.6 Å². The van der Waals surface area contributed by atoms with E-state index in [9.17, 15) is 17.6 Å². The lowest BCUT2D eigenvalue weighted by Gasteiger charge is -2.19. The molecule has 1 fully saturated rings. The number of alkyl halides is 3. The molecule has 1 saturated heterocycles. The topological polar surface area (TPSA) is 55.0 Å². The molecule has 1 unspecified atom stereocenters. The molecule has 0 aliphatic carbocycles. The molecule has 17 heavy (non-hydrogen) atoms. The highest BCUT2D eigenvalue weighted by Gasteiger charge is 2.44. The maximum Gasteiger partial charge on any atom is 0.393 e. The van der Waals surface area contributed by atoms with Crippen LogP contribution in [-0.2, 0) is 0 Å². The highest BCUT2D eigenvalue weighted by Crippen LogP contribution is 2.35. The number of halogens is 4. The lowest BCUT2D eigenvalue weighted by Crippen LogP contribution is -2.28. The SMILES string of the molecule is Nc1ncc(F)c(N2CCC(C(F)(F)F)C2)n1. The van der Waals surface area contributed by atoms with Gasteiger partial charge in [-0.15, -0.1) is 0 Å². The minimum Gasteiger partial charge on any atom is -0.368 e. The largest absolute Gasteiger partial charge is 0.393 e. The van der Waals surface area contributed by atoms with Gasteiger partial charge < -0.3 is 10.6 Å². The van der Waals surface area contributed by atoms with Gasteiger partial charge in [-0.25, -0.2) is 9.37 Å². The summed E-state index contributed by atoms with van der Waals surface area (Å²) in [6.07, 6.45) is -3.46. The van der Waals surface area contributed by atoms with Gasteiger partial charge in [-0.3, -0.25) is 0 Å². The standard InChI is InChI=1S/C9H10F4N4/c10-6-3-15-8(14)16-7(6)17-2-1-5(4-17)9(11,12)13/h3,5H,1-2,4H2,(H2,14,15,16). The maximum absolute atomic E-state index is 13.3. The van der Waals surface area contributed by atoms with Gasteiger partial charge in [-0.1, -0.05) is 0 Å². The molecule has 0 aromatic carbocycles. The van der Waals surface area contributed by atoms with Crippen molar-refractivity contribution in [2.24, 2.45) is 5.92 Å². The van der Waals surface area contributed by atoms with Crippen molar-refractivity contribution in [2.45, 2.75) is 12.6 Å². The molecular formula is C9H10F4N4. The molecule has 1 aliphatic heterocycles. The van der Waals surface area contributed by atoms with Crippen LogP contribution in [0, 0.1) is 11.7 Å². The number of nitrogens with two attached hydrogens (primary N) is 1. The Labute approximate surface area is 94.5 Å². The first-order valence-electron chi connectivity index (χ1n) is 4.97. The molecule has 0 radical (unpaired) electrons. The van der Waals surface area contributed by atoms with Crippen LogP contribution in [0.15, 0.2) is 6.20 Å². The van der Waals surface area contributed by atoms with Crippen LogP contribution in [0.25, 0.3) is 0 Å². The van der Waals surface area contributed by atoms with Crippen LogP contribution in [0.2, 0.25) is 0 Å². The number of anilines is 2. The van der Waals surface area contributed by atoms with E-state index in [0.29, 0.717) is 0 Å². The molecule has 0 spiro atoms. The minimum absolute atomic E-state index is 0.0627. The van der Waals surface area contributed by atoms with E-state index in [2.05, 4.69) is 9.97 Å². The molecule has 0 bridgehead atoms. The van der Waals surface area contributed by atoms with Crippen molar-refractivity contribution in [2.75, 3.05) is 23.7 Å². The van der Waals surface area contributed by atoms with E-state index in [1.165, 1.54) is 4.90 Å². The number of rotatable bonds is 1. The van der Waals surface area contributed by atoms with E-state index in [1.54, 1.807) is 0 Å². The second-order valence-electron chi connectivity index (χ2n) is 3.87. The summed E-state index contributed by atoms with van der Waals surface area (Å²) in [5.74, 6) is -2.53. The Morgan fingerprint density at radius 1 is 1.41 bits per heavy atom. The summed E-state index contributed by atoms with van der Waals surface area (Å²) in [6, 6.07) is 0. The fourth-order valence-electron chi connectivity index (χ4n) is 1.81. The predicted octanol–water partition coefficient (Wildman–Crippen LogP) is 1.59. The predicted molar refractivity (Wildman–Crippen MR) is 52.8 cm³/mol. The van der Waals surface area contributed by atoms with Gasteiger partial charge in [0, 0.05) is 13.1 Å². The lowest BCUT2D eigenvalue weighted by molar-refractivity contribution is -0.168. The molecule has 1 aliphatic rings. The van der Waals surface area contributed by atoms with Crippen molar-refractivity contribution >= 4 is 11.8 Å². The van der Waals surface area contributed by atoms with Crippen molar-refractivity contribution in [1.29, 1.82) is 0 Å². The van der Waals surface area contributed by atoms with E-state index in [4.69, 9.17) is 5.73 Å². The third-order valence-corrected chi connectivity index (χ3v) is 2.69. The zero-order chi connectivity index (χ0) is 12.6. The zero-order valence-corrected chi connectivity index (χ0v) is 8.71. The molecule has 0 saturated carbocycles. The average molecular weight is 250 g/mol. The van der Waals surface area contributed by atoms with Crippen molar-refractivity contribution in [1.82, 2.24) is 9.97 Å². The van der Waals surface area contributed by atoms with Crippen LogP contribution >= 0.6 is 0 Å². The smallest absolute Gasteiger partial charge is 0.368 e. The Balaban J connectivity index is 2.18. The van der Waals surface area contributed by atoms with Crippen LogP contribution in [0.5, 0.6) is 0 Å². The molecule has 1 aromatic rings. The average Bonchev–Trinajstić information content (AvgIpc) is 2.70.